The van der Waals surface area contributed by atoms with Gasteiger partial charge in [0, 0.05) is 37.1 Å². The number of nitrogens with one attached hydrogen (secondary N) is 1. The molecule has 1 saturated heterocycles. The third kappa shape index (κ3) is 4.88. The summed E-state index contributed by atoms with van der Waals surface area (Å²) in [6.07, 6.45) is 0.450. The van der Waals surface area contributed by atoms with Gasteiger partial charge in [0.1, 0.15) is 12.4 Å². The molecule has 3 rings (SSSR count). The maximum atomic E-state index is 12.0. The van der Waals surface area contributed by atoms with Gasteiger partial charge in [0.05, 0.1) is 5.02 Å². The van der Waals surface area contributed by atoms with E-state index in [9.17, 15) is 4.79 Å². The van der Waals surface area contributed by atoms with E-state index in [0.717, 1.165) is 12.1 Å². The fraction of sp³-hybridized carbons (Fsp3) is 0.316. The molecule has 1 amide bonds. The van der Waals surface area contributed by atoms with Crippen molar-refractivity contribution in [3.8, 4) is 5.75 Å². The third-order valence-corrected chi connectivity index (χ3v) is 4.79. The topological polar surface area (TPSA) is 41.6 Å². The highest BCUT2D eigenvalue weighted by atomic mass is 35.5. The predicted molar refractivity (Wildman–Crippen MR) is 100 cm³/mol. The average Bonchev–Trinajstić information content (AvgIpc) is 2.79. The SMILES string of the molecule is O=C1CC(c2ccccc2)N(CCOc2ccc(Cl)cc2Cl)CCN1. The van der Waals surface area contributed by atoms with Crippen LogP contribution in [-0.4, -0.2) is 37.0 Å². The maximum absolute atomic E-state index is 12.0. The summed E-state index contributed by atoms with van der Waals surface area (Å²) in [5, 5.41) is 4.02. The molecule has 1 fully saturated rings. The molecule has 1 aliphatic heterocycles. The molecule has 0 saturated carbocycles. The summed E-state index contributed by atoms with van der Waals surface area (Å²) in [5.74, 6) is 0.698. The van der Waals surface area contributed by atoms with Crippen LogP contribution < -0.4 is 10.1 Å². The lowest BCUT2D eigenvalue weighted by Crippen LogP contribution is -2.34. The van der Waals surface area contributed by atoms with Crippen molar-refractivity contribution in [2.75, 3.05) is 26.2 Å². The second kappa shape index (κ2) is 8.56. The van der Waals surface area contributed by atoms with Gasteiger partial charge < -0.3 is 10.1 Å². The number of hydrogen-bond donors (Lipinski definition) is 1. The lowest BCUT2D eigenvalue weighted by Gasteiger charge is -2.29. The van der Waals surface area contributed by atoms with E-state index in [4.69, 9.17) is 27.9 Å². The Kier molecular flexibility index (Phi) is 6.19. The van der Waals surface area contributed by atoms with Crippen LogP contribution in [0.5, 0.6) is 5.75 Å². The van der Waals surface area contributed by atoms with Gasteiger partial charge in [0.15, 0.2) is 0 Å². The molecule has 1 unspecified atom stereocenters. The Bertz CT molecular complexity index is 725. The second-order valence-corrected chi connectivity index (χ2v) is 6.78. The van der Waals surface area contributed by atoms with Crippen molar-refractivity contribution < 1.29 is 9.53 Å². The number of carbonyl (C=O) groups is 1. The van der Waals surface area contributed by atoms with Crippen LogP contribution in [-0.2, 0) is 4.79 Å². The quantitative estimate of drug-likeness (QED) is 0.856. The minimum Gasteiger partial charge on any atom is -0.491 e. The molecule has 4 nitrogen and oxygen atoms in total. The van der Waals surface area contributed by atoms with Crippen LogP contribution >= 0.6 is 23.2 Å². The summed E-state index contributed by atoms with van der Waals surface area (Å²) < 4.78 is 5.81. The Labute approximate surface area is 157 Å². The zero-order valence-electron chi connectivity index (χ0n) is 13.8. The average molecular weight is 379 g/mol. The van der Waals surface area contributed by atoms with Crippen LogP contribution in [0.1, 0.15) is 18.0 Å². The smallest absolute Gasteiger partial charge is 0.221 e. The molecule has 2 aromatic rings. The van der Waals surface area contributed by atoms with Gasteiger partial charge in [0.25, 0.3) is 0 Å². The molecular formula is C19H20Cl2N2O2. The van der Waals surface area contributed by atoms with Crippen molar-refractivity contribution in [2.45, 2.75) is 12.5 Å². The predicted octanol–water partition coefficient (Wildman–Crippen LogP) is 3.94. The lowest BCUT2D eigenvalue weighted by molar-refractivity contribution is -0.121. The number of nitrogens with zero attached hydrogens (tertiary/aromatic N) is 1. The molecule has 0 aliphatic carbocycles. The Balaban J connectivity index is 1.66. The highest BCUT2D eigenvalue weighted by molar-refractivity contribution is 6.35. The summed E-state index contributed by atoms with van der Waals surface area (Å²) >= 11 is 12.0. The number of ether oxygens (including phenoxy) is 1. The molecule has 1 atom stereocenters. The fourth-order valence-corrected chi connectivity index (χ4v) is 3.47. The highest BCUT2D eigenvalue weighted by Gasteiger charge is 2.25. The van der Waals surface area contributed by atoms with Crippen LogP contribution in [0.3, 0.4) is 0 Å². The van der Waals surface area contributed by atoms with E-state index < -0.39 is 0 Å². The molecule has 25 heavy (non-hydrogen) atoms. The van der Waals surface area contributed by atoms with Gasteiger partial charge in [-0.25, -0.2) is 0 Å². The number of carbonyl (C=O) groups excluding carboxylic acids is 1. The van der Waals surface area contributed by atoms with Crippen molar-refractivity contribution >= 4 is 29.1 Å². The normalized spacial score (nSPS) is 18.5. The number of benzene rings is 2. The number of rotatable bonds is 5. The summed E-state index contributed by atoms with van der Waals surface area (Å²) in [6, 6.07) is 15.3. The van der Waals surface area contributed by atoms with Gasteiger partial charge in [-0.1, -0.05) is 53.5 Å². The van der Waals surface area contributed by atoms with Gasteiger partial charge in [0.2, 0.25) is 5.91 Å². The van der Waals surface area contributed by atoms with Crippen LogP contribution in [0.25, 0.3) is 0 Å². The van der Waals surface area contributed by atoms with Crippen molar-refractivity contribution in [1.29, 1.82) is 0 Å². The number of halogens is 2. The van der Waals surface area contributed by atoms with Gasteiger partial charge in [-0.15, -0.1) is 0 Å². The molecule has 1 N–H and O–H groups in total. The van der Waals surface area contributed by atoms with Crippen LogP contribution in [0.15, 0.2) is 48.5 Å². The molecule has 2 aromatic carbocycles. The highest BCUT2D eigenvalue weighted by Crippen LogP contribution is 2.28. The van der Waals surface area contributed by atoms with E-state index in [2.05, 4.69) is 22.3 Å². The Morgan fingerprint density at radius 2 is 1.96 bits per heavy atom. The van der Waals surface area contributed by atoms with E-state index >= 15 is 0 Å². The maximum Gasteiger partial charge on any atom is 0.221 e. The summed E-state index contributed by atoms with van der Waals surface area (Å²) in [4.78, 5) is 14.3. The molecule has 0 aromatic heterocycles. The minimum absolute atomic E-state index is 0.0491. The summed E-state index contributed by atoms with van der Waals surface area (Å²) in [5.41, 5.74) is 1.14. The molecule has 0 bridgehead atoms. The lowest BCUT2D eigenvalue weighted by atomic mass is 10.0. The van der Waals surface area contributed by atoms with Crippen molar-refractivity contribution in [3.63, 3.8) is 0 Å². The first kappa shape index (κ1) is 18.1. The van der Waals surface area contributed by atoms with Crippen LogP contribution in [0, 0.1) is 0 Å². The van der Waals surface area contributed by atoms with E-state index in [1.807, 2.05) is 18.2 Å². The zero-order valence-corrected chi connectivity index (χ0v) is 15.3. The van der Waals surface area contributed by atoms with Crippen molar-refractivity contribution in [3.05, 3.63) is 64.1 Å². The number of hydrogen-bond acceptors (Lipinski definition) is 3. The molecule has 132 valence electrons. The van der Waals surface area contributed by atoms with Crippen molar-refractivity contribution in [2.24, 2.45) is 0 Å². The van der Waals surface area contributed by atoms with E-state index in [1.54, 1.807) is 18.2 Å². The Morgan fingerprint density at radius 3 is 2.72 bits per heavy atom. The largest absolute Gasteiger partial charge is 0.491 e. The Morgan fingerprint density at radius 1 is 1.16 bits per heavy atom. The molecule has 0 radical (unpaired) electrons. The standard InChI is InChI=1S/C19H20Cl2N2O2/c20-15-6-7-18(16(21)12-15)25-11-10-23-9-8-22-19(24)13-17(23)14-4-2-1-3-5-14/h1-7,12,17H,8-11,13H2,(H,22,24). The van der Waals surface area contributed by atoms with Crippen molar-refractivity contribution in [1.82, 2.24) is 10.2 Å². The summed E-state index contributed by atoms with van der Waals surface area (Å²) in [7, 11) is 0. The van der Waals surface area contributed by atoms with E-state index in [0.29, 0.717) is 41.9 Å². The van der Waals surface area contributed by atoms with Gasteiger partial charge in [-0.05, 0) is 23.8 Å². The second-order valence-electron chi connectivity index (χ2n) is 5.94. The fourth-order valence-electron chi connectivity index (χ4n) is 3.01. The third-order valence-electron chi connectivity index (χ3n) is 4.26. The van der Waals surface area contributed by atoms with Gasteiger partial charge >= 0.3 is 0 Å². The minimum atomic E-state index is 0.0491. The molecule has 1 heterocycles. The zero-order chi connectivity index (χ0) is 17.6. The first-order chi connectivity index (χ1) is 12.1. The van der Waals surface area contributed by atoms with Gasteiger partial charge in [-0.2, -0.15) is 0 Å². The van der Waals surface area contributed by atoms with Gasteiger partial charge in [-0.3, -0.25) is 9.69 Å². The monoisotopic (exact) mass is 378 g/mol. The Hall–Kier alpha value is -1.75. The molecule has 6 heteroatoms. The van der Waals surface area contributed by atoms with Crippen LogP contribution in [0.4, 0.5) is 0 Å². The first-order valence-electron chi connectivity index (χ1n) is 8.27. The molecular weight excluding hydrogens is 359 g/mol. The molecule has 1 aliphatic rings. The summed E-state index contributed by atoms with van der Waals surface area (Å²) in [6.45, 7) is 2.61. The number of amides is 1. The first-order valence-corrected chi connectivity index (χ1v) is 9.02. The van der Waals surface area contributed by atoms with Crippen LogP contribution in [0.2, 0.25) is 10.0 Å². The van der Waals surface area contributed by atoms with E-state index in [-0.39, 0.29) is 11.9 Å². The van der Waals surface area contributed by atoms with E-state index in [1.165, 1.54) is 0 Å². The molecule has 0 spiro atoms.